The summed E-state index contributed by atoms with van der Waals surface area (Å²) in [6.07, 6.45) is 0. The number of fused-ring (bicyclic) bond motifs is 9. The summed E-state index contributed by atoms with van der Waals surface area (Å²) in [6, 6.07) is 54.3. The summed E-state index contributed by atoms with van der Waals surface area (Å²) in [5.74, 6) is 0. The molecule has 0 saturated heterocycles. The fourth-order valence-corrected chi connectivity index (χ4v) is 10.1. The van der Waals surface area contributed by atoms with Gasteiger partial charge in [-0.15, -0.1) is 34.0 Å². The lowest BCUT2D eigenvalue weighted by Gasteiger charge is -2.08. The van der Waals surface area contributed by atoms with Crippen molar-refractivity contribution in [1.82, 2.24) is 0 Å². The van der Waals surface area contributed by atoms with Crippen LogP contribution in [0.25, 0.3) is 93.9 Å². The minimum Gasteiger partial charge on any atom is -0.135 e. The fraction of sp³-hybridized carbons (Fsp3) is 0. The maximum Gasteiger partial charge on any atom is 0.0355 e. The van der Waals surface area contributed by atoms with Crippen LogP contribution in [0.2, 0.25) is 0 Å². The van der Waals surface area contributed by atoms with Gasteiger partial charge in [-0.2, -0.15) is 0 Å². The average Bonchev–Trinajstić information content (AvgIpc) is 3.78. The molecule has 0 amide bonds. The second-order valence-electron chi connectivity index (χ2n) is 11.7. The van der Waals surface area contributed by atoms with Gasteiger partial charge in [-0.25, -0.2) is 0 Å². The summed E-state index contributed by atoms with van der Waals surface area (Å²) in [7, 11) is 0. The van der Waals surface area contributed by atoms with Crippen LogP contribution in [0.1, 0.15) is 0 Å². The summed E-state index contributed by atoms with van der Waals surface area (Å²) in [5.41, 5.74) is 7.54. The third-order valence-electron chi connectivity index (χ3n) is 9.09. The van der Waals surface area contributed by atoms with E-state index in [0.29, 0.717) is 0 Å². The van der Waals surface area contributed by atoms with Crippen LogP contribution in [-0.2, 0) is 0 Å². The van der Waals surface area contributed by atoms with Crippen LogP contribution in [0.15, 0.2) is 146 Å². The van der Waals surface area contributed by atoms with Crippen LogP contribution >= 0.6 is 34.0 Å². The first-order valence-corrected chi connectivity index (χ1v) is 17.6. The molecule has 210 valence electrons. The van der Waals surface area contributed by atoms with E-state index in [1.807, 2.05) is 34.0 Å². The first-order valence-electron chi connectivity index (χ1n) is 15.2. The van der Waals surface area contributed by atoms with E-state index in [1.165, 1.54) is 93.9 Å². The summed E-state index contributed by atoms with van der Waals surface area (Å²) >= 11 is 5.62. The van der Waals surface area contributed by atoms with Gasteiger partial charge >= 0.3 is 0 Å². The molecule has 3 heteroatoms. The van der Waals surface area contributed by atoms with Gasteiger partial charge in [-0.05, 0) is 100 Å². The van der Waals surface area contributed by atoms with Crippen LogP contribution in [0, 0.1) is 0 Å². The zero-order valence-electron chi connectivity index (χ0n) is 24.1. The molecule has 0 spiro atoms. The van der Waals surface area contributed by atoms with Crippen LogP contribution in [-0.4, -0.2) is 0 Å². The number of benzene rings is 7. The molecule has 0 saturated carbocycles. The Labute approximate surface area is 272 Å². The second kappa shape index (κ2) is 9.85. The quantitative estimate of drug-likeness (QED) is 0.183. The predicted molar refractivity (Wildman–Crippen MR) is 201 cm³/mol. The summed E-state index contributed by atoms with van der Waals surface area (Å²) in [6.45, 7) is 0. The zero-order valence-corrected chi connectivity index (χ0v) is 26.5. The van der Waals surface area contributed by atoms with Gasteiger partial charge in [0.1, 0.15) is 0 Å². The van der Waals surface area contributed by atoms with Crippen molar-refractivity contribution in [2.75, 3.05) is 0 Å². The highest BCUT2D eigenvalue weighted by Gasteiger charge is 2.12. The molecule has 0 nitrogen and oxygen atoms in total. The second-order valence-corrected chi connectivity index (χ2v) is 15.0. The van der Waals surface area contributed by atoms with Crippen molar-refractivity contribution in [3.63, 3.8) is 0 Å². The molecule has 0 fully saturated rings. The summed E-state index contributed by atoms with van der Waals surface area (Å²) in [4.78, 5) is 0. The highest BCUT2D eigenvalue weighted by Crippen LogP contribution is 2.41. The molecule has 7 aromatic carbocycles. The maximum atomic E-state index is 2.39. The van der Waals surface area contributed by atoms with Crippen molar-refractivity contribution in [3.05, 3.63) is 146 Å². The minimum atomic E-state index is 1.25. The fourth-order valence-electron chi connectivity index (χ4n) is 6.83. The van der Waals surface area contributed by atoms with Gasteiger partial charge in [0.25, 0.3) is 0 Å². The van der Waals surface area contributed by atoms with E-state index < -0.39 is 0 Å². The number of thiophene rings is 3. The van der Waals surface area contributed by atoms with Gasteiger partial charge in [0, 0.05) is 60.5 Å². The largest absolute Gasteiger partial charge is 0.135 e. The van der Waals surface area contributed by atoms with Crippen molar-refractivity contribution in [3.8, 4) is 33.4 Å². The van der Waals surface area contributed by atoms with Gasteiger partial charge in [-0.3, -0.25) is 0 Å². The standard InChI is InChI=1S/C42H24S3/c1-3-10-37-31(8-1)33-21-27(12-16-39(33)43-37)25-6-5-7-26(20-25)28-13-18-41-35(23-28)36-24-30(15-19-42(36)45-41)29-14-17-40-34(22-29)32-9-2-4-11-38(32)44-40/h1-24H. The van der Waals surface area contributed by atoms with Crippen LogP contribution < -0.4 is 0 Å². The van der Waals surface area contributed by atoms with Gasteiger partial charge in [0.2, 0.25) is 0 Å². The van der Waals surface area contributed by atoms with E-state index in [-0.39, 0.29) is 0 Å². The molecule has 3 aromatic heterocycles. The van der Waals surface area contributed by atoms with E-state index in [1.54, 1.807) is 0 Å². The molecule has 10 rings (SSSR count). The first kappa shape index (κ1) is 25.5. The Kier molecular flexibility index (Phi) is 5.59. The van der Waals surface area contributed by atoms with Crippen molar-refractivity contribution in [1.29, 1.82) is 0 Å². The zero-order chi connectivity index (χ0) is 29.5. The molecule has 0 atom stereocenters. The molecule has 0 aliphatic carbocycles. The summed E-state index contributed by atoms with van der Waals surface area (Å²) < 4.78 is 8.04. The first-order chi connectivity index (χ1) is 22.2. The number of hydrogen-bond acceptors (Lipinski definition) is 3. The van der Waals surface area contributed by atoms with E-state index in [0.717, 1.165) is 0 Å². The Morgan fingerprint density at radius 2 is 0.533 bits per heavy atom. The highest BCUT2D eigenvalue weighted by atomic mass is 32.1. The maximum absolute atomic E-state index is 2.39. The lowest BCUT2D eigenvalue weighted by atomic mass is 9.96. The van der Waals surface area contributed by atoms with Crippen molar-refractivity contribution in [2.45, 2.75) is 0 Å². The average molecular weight is 625 g/mol. The Morgan fingerprint density at radius 1 is 0.222 bits per heavy atom. The lowest BCUT2D eigenvalue weighted by molar-refractivity contribution is 1.62. The molecule has 45 heavy (non-hydrogen) atoms. The predicted octanol–water partition coefficient (Wildman–Crippen LogP) is 13.8. The molecule has 10 aromatic rings. The third kappa shape index (κ3) is 4.09. The molecule has 0 aliphatic rings. The molecular formula is C42H24S3. The monoisotopic (exact) mass is 624 g/mol. The van der Waals surface area contributed by atoms with Crippen molar-refractivity contribution < 1.29 is 0 Å². The van der Waals surface area contributed by atoms with E-state index in [9.17, 15) is 0 Å². The molecule has 0 N–H and O–H groups in total. The van der Waals surface area contributed by atoms with Gasteiger partial charge in [0.15, 0.2) is 0 Å². The van der Waals surface area contributed by atoms with E-state index in [2.05, 4.69) is 146 Å². The van der Waals surface area contributed by atoms with Crippen LogP contribution in [0.5, 0.6) is 0 Å². The van der Waals surface area contributed by atoms with Gasteiger partial charge in [-0.1, -0.05) is 78.9 Å². The SMILES string of the molecule is c1cc(-c2ccc3sc4ccccc4c3c2)cc(-c2ccc3sc4ccc(-c5ccc6sc7ccccc7c6c5)cc4c3c2)c1. The third-order valence-corrected chi connectivity index (χ3v) is 12.5. The lowest BCUT2D eigenvalue weighted by Crippen LogP contribution is -1.82. The smallest absolute Gasteiger partial charge is 0.0355 e. The molecule has 0 unspecified atom stereocenters. The normalized spacial score (nSPS) is 12.0. The van der Waals surface area contributed by atoms with E-state index in [4.69, 9.17) is 0 Å². The number of hydrogen-bond donors (Lipinski definition) is 0. The van der Waals surface area contributed by atoms with Crippen LogP contribution in [0.4, 0.5) is 0 Å². The minimum absolute atomic E-state index is 1.25. The van der Waals surface area contributed by atoms with Gasteiger partial charge in [0.05, 0.1) is 0 Å². The number of rotatable bonds is 3. The molecule has 3 heterocycles. The Bertz CT molecular complexity index is 2770. The van der Waals surface area contributed by atoms with Crippen molar-refractivity contribution >= 4 is 94.5 Å². The molecular weight excluding hydrogens is 601 g/mol. The highest BCUT2D eigenvalue weighted by molar-refractivity contribution is 7.26. The summed E-state index contributed by atoms with van der Waals surface area (Å²) in [5, 5.41) is 8.03. The molecule has 0 radical (unpaired) electrons. The Morgan fingerprint density at radius 3 is 0.933 bits per heavy atom. The van der Waals surface area contributed by atoms with Gasteiger partial charge < -0.3 is 0 Å². The molecule has 0 bridgehead atoms. The topological polar surface area (TPSA) is 0 Å². The van der Waals surface area contributed by atoms with E-state index >= 15 is 0 Å². The Hall–Kier alpha value is -4.80. The molecule has 0 aliphatic heterocycles. The van der Waals surface area contributed by atoms with Crippen LogP contribution in [0.3, 0.4) is 0 Å². The van der Waals surface area contributed by atoms with Crippen molar-refractivity contribution in [2.24, 2.45) is 0 Å². The Balaban J connectivity index is 1.07.